The maximum absolute atomic E-state index is 12.8. The third-order valence-electron chi connectivity index (χ3n) is 5.39. The van der Waals surface area contributed by atoms with Crippen LogP contribution in [0.2, 0.25) is 0 Å². The second-order valence-electron chi connectivity index (χ2n) is 9.02. The van der Waals surface area contributed by atoms with Crippen LogP contribution >= 0.6 is 0 Å². The van der Waals surface area contributed by atoms with Crippen molar-refractivity contribution in [1.29, 1.82) is 0 Å². The molecule has 0 saturated carbocycles. The highest BCUT2D eigenvalue weighted by molar-refractivity contribution is 5.79. The van der Waals surface area contributed by atoms with Crippen molar-refractivity contribution in [1.82, 2.24) is 14.5 Å². The van der Waals surface area contributed by atoms with Crippen molar-refractivity contribution in [2.45, 2.75) is 58.4 Å². The van der Waals surface area contributed by atoms with Crippen molar-refractivity contribution in [3.63, 3.8) is 0 Å². The molecule has 2 aromatic carbocycles. The van der Waals surface area contributed by atoms with Gasteiger partial charge in [0.15, 0.2) is 0 Å². The van der Waals surface area contributed by atoms with E-state index in [1.165, 1.54) is 0 Å². The minimum absolute atomic E-state index is 0.0291. The molecule has 1 atom stereocenters. The number of rotatable bonds is 5. The largest absolute Gasteiger partial charge is 0.459 e. The summed E-state index contributed by atoms with van der Waals surface area (Å²) in [6, 6.07) is 17.0. The molecule has 32 heavy (non-hydrogen) atoms. The molecule has 1 aliphatic heterocycles. The quantitative estimate of drug-likeness (QED) is 0.536. The van der Waals surface area contributed by atoms with Crippen LogP contribution in [0, 0.1) is 0 Å². The average molecular weight is 436 g/mol. The molecule has 4 rings (SSSR count). The van der Waals surface area contributed by atoms with E-state index in [2.05, 4.69) is 0 Å². The third-order valence-corrected chi connectivity index (χ3v) is 5.39. The molecular weight excluding hydrogens is 406 g/mol. The van der Waals surface area contributed by atoms with Crippen LogP contribution in [-0.4, -0.2) is 38.7 Å². The van der Waals surface area contributed by atoms with Crippen LogP contribution in [0.25, 0.3) is 11.0 Å². The molecule has 1 fully saturated rings. The number of carbonyl (C=O) groups excluding carboxylic acids is 2. The number of hydrogen-bond donors (Lipinski definition) is 0. The summed E-state index contributed by atoms with van der Waals surface area (Å²) in [7, 11) is 0. The first kappa shape index (κ1) is 21.9. The lowest BCUT2D eigenvalue weighted by atomic mass is 10.2. The second-order valence-corrected chi connectivity index (χ2v) is 9.02. The number of hydrogen-bond acceptors (Lipinski definition) is 5. The first-order valence-electron chi connectivity index (χ1n) is 11.0. The van der Waals surface area contributed by atoms with Gasteiger partial charge in [-0.1, -0.05) is 42.5 Å². The number of ether oxygens (including phenoxy) is 2. The van der Waals surface area contributed by atoms with Crippen LogP contribution in [-0.2, 0) is 27.4 Å². The molecule has 1 amide bonds. The van der Waals surface area contributed by atoms with Gasteiger partial charge in [0, 0.05) is 6.54 Å². The number of para-hydroxylation sites is 2. The van der Waals surface area contributed by atoms with E-state index in [1.54, 1.807) is 4.90 Å². The molecule has 0 spiro atoms. The lowest BCUT2D eigenvalue weighted by Gasteiger charge is -2.28. The van der Waals surface area contributed by atoms with Gasteiger partial charge in [-0.2, -0.15) is 0 Å². The number of nitrogens with zero attached hydrogens (tertiary/aromatic N) is 3. The maximum Gasteiger partial charge on any atom is 0.410 e. The van der Waals surface area contributed by atoms with Gasteiger partial charge in [-0.25, -0.2) is 9.78 Å². The van der Waals surface area contributed by atoms with Crippen molar-refractivity contribution in [3.05, 3.63) is 66.0 Å². The summed E-state index contributed by atoms with van der Waals surface area (Å²) in [5.41, 5.74) is 1.99. The molecule has 1 unspecified atom stereocenters. The Morgan fingerprint density at radius 2 is 1.78 bits per heavy atom. The number of aromatic nitrogens is 2. The van der Waals surface area contributed by atoms with E-state index >= 15 is 0 Å². The number of benzene rings is 2. The number of imidazole rings is 1. The SMILES string of the molecule is CC(C)(C)OC(=O)N1CCCC1c1nc2ccccc2n1CC(=O)OCc1ccccc1. The van der Waals surface area contributed by atoms with Crippen LogP contribution in [0.1, 0.15) is 51.0 Å². The Kier molecular flexibility index (Phi) is 6.17. The van der Waals surface area contributed by atoms with E-state index in [1.807, 2.05) is 79.9 Å². The highest BCUT2D eigenvalue weighted by Crippen LogP contribution is 2.34. The number of amides is 1. The molecule has 7 heteroatoms. The number of likely N-dealkylation sites (tertiary alicyclic amines) is 1. The van der Waals surface area contributed by atoms with Gasteiger partial charge in [0.25, 0.3) is 0 Å². The molecule has 0 aliphatic carbocycles. The number of esters is 1. The Morgan fingerprint density at radius 1 is 1.06 bits per heavy atom. The Bertz CT molecular complexity index is 1100. The van der Waals surface area contributed by atoms with Crippen LogP contribution in [0.4, 0.5) is 4.79 Å². The summed E-state index contributed by atoms with van der Waals surface area (Å²) in [6.45, 7) is 6.41. The van der Waals surface area contributed by atoms with Crippen molar-refractivity contribution in [2.75, 3.05) is 6.54 Å². The Labute approximate surface area is 187 Å². The summed E-state index contributed by atoms with van der Waals surface area (Å²) < 4.78 is 13.0. The van der Waals surface area contributed by atoms with Gasteiger partial charge in [0.1, 0.15) is 24.6 Å². The monoisotopic (exact) mass is 435 g/mol. The maximum atomic E-state index is 12.8. The van der Waals surface area contributed by atoms with E-state index < -0.39 is 5.60 Å². The fraction of sp³-hybridized carbons (Fsp3) is 0.400. The van der Waals surface area contributed by atoms with Gasteiger partial charge in [-0.05, 0) is 51.3 Å². The Morgan fingerprint density at radius 3 is 2.53 bits per heavy atom. The first-order valence-corrected chi connectivity index (χ1v) is 11.0. The molecule has 0 N–H and O–H groups in total. The summed E-state index contributed by atoms with van der Waals surface area (Å²) in [5, 5.41) is 0. The third kappa shape index (κ3) is 4.93. The molecule has 2 heterocycles. The van der Waals surface area contributed by atoms with E-state index in [9.17, 15) is 9.59 Å². The van der Waals surface area contributed by atoms with Crippen molar-refractivity contribution < 1.29 is 19.1 Å². The minimum atomic E-state index is -0.578. The topological polar surface area (TPSA) is 73.7 Å². The molecule has 0 radical (unpaired) electrons. The van der Waals surface area contributed by atoms with E-state index in [0.29, 0.717) is 12.4 Å². The predicted molar refractivity (Wildman–Crippen MR) is 121 cm³/mol. The van der Waals surface area contributed by atoms with E-state index in [-0.39, 0.29) is 31.3 Å². The molecular formula is C25H29N3O4. The van der Waals surface area contributed by atoms with Crippen molar-refractivity contribution in [2.24, 2.45) is 0 Å². The van der Waals surface area contributed by atoms with Crippen LogP contribution in [0.15, 0.2) is 54.6 Å². The standard InChI is InChI=1S/C25H29N3O4/c1-25(2,3)32-24(30)27-15-9-14-21(27)23-26-19-12-7-8-13-20(19)28(23)16-22(29)31-17-18-10-5-4-6-11-18/h4-8,10-13,21H,9,14-17H2,1-3H3. The van der Waals surface area contributed by atoms with Gasteiger partial charge in [0.2, 0.25) is 0 Å². The summed E-state index contributed by atoms with van der Waals surface area (Å²) in [6.07, 6.45) is 1.26. The van der Waals surface area contributed by atoms with E-state index in [0.717, 1.165) is 29.4 Å². The van der Waals surface area contributed by atoms with Crippen LogP contribution < -0.4 is 0 Å². The van der Waals surface area contributed by atoms with Gasteiger partial charge in [-0.15, -0.1) is 0 Å². The van der Waals surface area contributed by atoms with Crippen molar-refractivity contribution >= 4 is 23.1 Å². The van der Waals surface area contributed by atoms with E-state index in [4.69, 9.17) is 14.5 Å². The lowest BCUT2D eigenvalue weighted by Crippen LogP contribution is -2.37. The number of carbonyl (C=O) groups is 2. The van der Waals surface area contributed by atoms with Gasteiger partial charge in [0.05, 0.1) is 17.1 Å². The zero-order valence-corrected chi connectivity index (χ0v) is 18.8. The zero-order chi connectivity index (χ0) is 22.7. The highest BCUT2D eigenvalue weighted by Gasteiger charge is 2.36. The van der Waals surface area contributed by atoms with Gasteiger partial charge in [-0.3, -0.25) is 9.69 Å². The molecule has 3 aromatic rings. The normalized spacial score (nSPS) is 16.3. The minimum Gasteiger partial charge on any atom is -0.459 e. The first-order chi connectivity index (χ1) is 15.3. The molecule has 168 valence electrons. The average Bonchev–Trinajstić information content (AvgIpc) is 3.37. The Hall–Kier alpha value is -3.35. The Balaban J connectivity index is 1.58. The molecule has 7 nitrogen and oxygen atoms in total. The molecule has 1 saturated heterocycles. The lowest BCUT2D eigenvalue weighted by molar-refractivity contribution is -0.145. The van der Waals surface area contributed by atoms with Gasteiger partial charge >= 0.3 is 12.1 Å². The fourth-order valence-corrected chi connectivity index (χ4v) is 4.00. The fourth-order valence-electron chi connectivity index (χ4n) is 4.00. The molecule has 1 aromatic heterocycles. The van der Waals surface area contributed by atoms with Crippen LogP contribution in [0.5, 0.6) is 0 Å². The molecule has 1 aliphatic rings. The second kappa shape index (κ2) is 9.02. The summed E-state index contributed by atoms with van der Waals surface area (Å²) in [4.78, 5) is 32.1. The predicted octanol–water partition coefficient (Wildman–Crippen LogP) is 4.85. The highest BCUT2D eigenvalue weighted by atomic mass is 16.6. The van der Waals surface area contributed by atoms with Crippen molar-refractivity contribution in [3.8, 4) is 0 Å². The number of fused-ring (bicyclic) bond motifs is 1. The smallest absolute Gasteiger partial charge is 0.410 e. The zero-order valence-electron chi connectivity index (χ0n) is 18.8. The van der Waals surface area contributed by atoms with Crippen LogP contribution in [0.3, 0.4) is 0 Å². The molecule has 0 bridgehead atoms. The summed E-state index contributed by atoms with van der Waals surface area (Å²) >= 11 is 0. The summed E-state index contributed by atoms with van der Waals surface area (Å²) in [5.74, 6) is 0.339. The van der Waals surface area contributed by atoms with Gasteiger partial charge < -0.3 is 14.0 Å².